The van der Waals surface area contributed by atoms with E-state index in [9.17, 15) is 0 Å². The molecule has 0 aliphatic carbocycles. The van der Waals surface area contributed by atoms with Crippen LogP contribution in [-0.4, -0.2) is 24.1 Å². The Kier molecular flexibility index (Phi) is 5.64. The fourth-order valence-corrected chi connectivity index (χ4v) is 1.41. The minimum absolute atomic E-state index is 0.552. The Bertz CT molecular complexity index is 262. The van der Waals surface area contributed by atoms with E-state index in [-0.39, 0.29) is 0 Å². The van der Waals surface area contributed by atoms with Crippen molar-refractivity contribution >= 4 is 36.7 Å². The Labute approximate surface area is 94.9 Å². The van der Waals surface area contributed by atoms with Crippen molar-refractivity contribution < 1.29 is 0 Å². The van der Waals surface area contributed by atoms with Gasteiger partial charge >= 0.3 is 0 Å². The largest absolute Gasteiger partial charge is 0.265 e. The van der Waals surface area contributed by atoms with Gasteiger partial charge in [-0.15, -0.1) is 11.6 Å². The highest BCUT2D eigenvalue weighted by molar-refractivity contribution is 7.80. The van der Waals surface area contributed by atoms with Crippen LogP contribution in [0.4, 0.5) is 0 Å². The summed E-state index contributed by atoms with van der Waals surface area (Å²) in [5.74, 6) is 1.33. The summed E-state index contributed by atoms with van der Waals surface area (Å²) >= 11 is 9.46. The van der Waals surface area contributed by atoms with E-state index in [1.807, 2.05) is 18.5 Å². The monoisotopic (exact) mass is 228 g/mol. The second-order valence-electron chi connectivity index (χ2n) is 2.78. The molecular weight excluding hydrogens is 216 g/mol. The SMILES string of the molecule is ClCC1=CCC=N1.SCC1=CCC=N1. The molecule has 2 heterocycles. The highest BCUT2D eigenvalue weighted by atomic mass is 35.5. The lowest BCUT2D eigenvalue weighted by atomic mass is 10.4. The number of rotatable bonds is 2. The molecule has 0 fully saturated rings. The maximum absolute atomic E-state index is 5.43. The van der Waals surface area contributed by atoms with Crippen molar-refractivity contribution in [3.63, 3.8) is 0 Å². The van der Waals surface area contributed by atoms with E-state index in [2.05, 4.69) is 28.7 Å². The molecule has 14 heavy (non-hydrogen) atoms. The quantitative estimate of drug-likeness (QED) is 0.556. The standard InChI is InChI=1S/C5H6ClN.C5H7NS/c6-4-5-2-1-3-7-5;7-4-5-2-1-3-6-5/h2-3H,1,4H2;2-3,7H,1,4H2. The van der Waals surface area contributed by atoms with Gasteiger partial charge in [-0.3, -0.25) is 9.98 Å². The van der Waals surface area contributed by atoms with E-state index >= 15 is 0 Å². The van der Waals surface area contributed by atoms with Crippen LogP contribution in [0.5, 0.6) is 0 Å². The molecule has 0 amide bonds. The predicted molar refractivity (Wildman–Crippen MR) is 67.0 cm³/mol. The third-order valence-corrected chi connectivity index (χ3v) is 2.33. The highest BCUT2D eigenvalue weighted by Crippen LogP contribution is 2.05. The molecule has 4 heteroatoms. The molecular formula is C10H13ClN2S. The number of allylic oxidation sites excluding steroid dienone is 3. The van der Waals surface area contributed by atoms with E-state index in [0.29, 0.717) is 5.88 Å². The summed E-state index contributed by atoms with van der Waals surface area (Å²) in [6.45, 7) is 0. The van der Waals surface area contributed by atoms with Crippen molar-refractivity contribution in [2.24, 2.45) is 9.98 Å². The Hall–Kier alpha value is -0.540. The Balaban J connectivity index is 0.000000140. The molecule has 0 atom stereocenters. The first-order valence-electron chi connectivity index (χ1n) is 4.46. The van der Waals surface area contributed by atoms with Gasteiger partial charge in [-0.2, -0.15) is 12.6 Å². The summed E-state index contributed by atoms with van der Waals surface area (Å²) in [5.41, 5.74) is 2.10. The molecule has 76 valence electrons. The molecule has 0 aromatic rings. The second-order valence-corrected chi connectivity index (χ2v) is 3.36. The zero-order valence-electron chi connectivity index (χ0n) is 7.86. The van der Waals surface area contributed by atoms with E-state index in [1.54, 1.807) is 0 Å². The molecule has 0 aromatic carbocycles. The summed E-state index contributed by atoms with van der Waals surface area (Å²) in [6, 6.07) is 0. The van der Waals surface area contributed by atoms with Gasteiger partial charge in [0.25, 0.3) is 0 Å². The molecule has 0 spiro atoms. The van der Waals surface area contributed by atoms with E-state index in [1.165, 1.54) is 0 Å². The number of hydrogen-bond acceptors (Lipinski definition) is 3. The van der Waals surface area contributed by atoms with Crippen molar-refractivity contribution in [2.75, 3.05) is 11.6 Å². The Morgan fingerprint density at radius 3 is 1.93 bits per heavy atom. The van der Waals surface area contributed by atoms with Crippen molar-refractivity contribution in [2.45, 2.75) is 12.8 Å². The van der Waals surface area contributed by atoms with Gasteiger partial charge in [0.15, 0.2) is 0 Å². The first kappa shape index (κ1) is 11.5. The maximum atomic E-state index is 5.43. The minimum Gasteiger partial charge on any atom is -0.265 e. The summed E-state index contributed by atoms with van der Waals surface area (Å²) in [4.78, 5) is 7.97. The van der Waals surface area contributed by atoms with Gasteiger partial charge in [0, 0.05) is 36.7 Å². The zero-order chi connectivity index (χ0) is 10.2. The third kappa shape index (κ3) is 4.11. The molecule has 0 radical (unpaired) electrons. The lowest BCUT2D eigenvalue weighted by Gasteiger charge is -1.83. The lowest BCUT2D eigenvalue weighted by molar-refractivity contribution is 1.35. The molecule has 2 aliphatic heterocycles. The molecule has 2 rings (SSSR count). The molecule has 0 unspecified atom stereocenters. The Morgan fingerprint density at radius 2 is 1.71 bits per heavy atom. The van der Waals surface area contributed by atoms with Crippen LogP contribution in [0.3, 0.4) is 0 Å². The van der Waals surface area contributed by atoms with Gasteiger partial charge in [0.05, 0.1) is 11.6 Å². The van der Waals surface area contributed by atoms with Crippen molar-refractivity contribution in [1.82, 2.24) is 0 Å². The van der Waals surface area contributed by atoms with Gasteiger partial charge < -0.3 is 0 Å². The Morgan fingerprint density at radius 1 is 1.14 bits per heavy atom. The van der Waals surface area contributed by atoms with Crippen molar-refractivity contribution in [3.8, 4) is 0 Å². The topological polar surface area (TPSA) is 24.7 Å². The number of nitrogens with zero attached hydrogens (tertiary/aromatic N) is 2. The fourth-order valence-electron chi connectivity index (χ4n) is 1.02. The van der Waals surface area contributed by atoms with E-state index < -0.39 is 0 Å². The van der Waals surface area contributed by atoms with E-state index in [4.69, 9.17) is 11.6 Å². The molecule has 2 aliphatic rings. The minimum atomic E-state index is 0.552. The van der Waals surface area contributed by atoms with Crippen LogP contribution >= 0.6 is 24.2 Å². The molecule has 0 aromatic heterocycles. The predicted octanol–water partition coefficient (Wildman–Crippen LogP) is 2.86. The number of aliphatic imine (C=N–C) groups is 2. The van der Waals surface area contributed by atoms with Crippen LogP contribution in [0.2, 0.25) is 0 Å². The van der Waals surface area contributed by atoms with Gasteiger partial charge in [0.2, 0.25) is 0 Å². The first-order valence-corrected chi connectivity index (χ1v) is 5.63. The van der Waals surface area contributed by atoms with Crippen molar-refractivity contribution in [3.05, 3.63) is 23.5 Å². The second kappa shape index (κ2) is 6.85. The number of alkyl halides is 1. The zero-order valence-corrected chi connectivity index (χ0v) is 9.51. The number of hydrogen-bond donors (Lipinski definition) is 1. The molecule has 2 nitrogen and oxygen atoms in total. The van der Waals surface area contributed by atoms with Crippen molar-refractivity contribution in [1.29, 1.82) is 0 Å². The smallest absolute Gasteiger partial charge is 0.0644 e. The molecule has 0 saturated carbocycles. The van der Waals surface area contributed by atoms with Gasteiger partial charge in [-0.1, -0.05) is 12.2 Å². The summed E-state index contributed by atoms with van der Waals surface area (Å²) in [7, 11) is 0. The van der Waals surface area contributed by atoms with Crippen LogP contribution in [0.15, 0.2) is 33.5 Å². The normalized spacial score (nSPS) is 17.6. The average molecular weight is 229 g/mol. The summed E-state index contributed by atoms with van der Waals surface area (Å²) in [6.07, 6.45) is 9.81. The number of thiol groups is 1. The summed E-state index contributed by atoms with van der Waals surface area (Å²) < 4.78 is 0. The van der Waals surface area contributed by atoms with Crippen LogP contribution in [0.25, 0.3) is 0 Å². The number of halogens is 1. The van der Waals surface area contributed by atoms with Gasteiger partial charge in [-0.25, -0.2) is 0 Å². The van der Waals surface area contributed by atoms with E-state index in [0.717, 1.165) is 30.0 Å². The van der Waals surface area contributed by atoms with Crippen LogP contribution < -0.4 is 0 Å². The summed E-state index contributed by atoms with van der Waals surface area (Å²) in [5, 5.41) is 0. The van der Waals surface area contributed by atoms with Gasteiger partial charge in [-0.05, 0) is 0 Å². The van der Waals surface area contributed by atoms with Crippen LogP contribution in [0, 0.1) is 0 Å². The average Bonchev–Trinajstić information content (AvgIpc) is 2.92. The molecule has 0 saturated heterocycles. The van der Waals surface area contributed by atoms with Crippen LogP contribution in [-0.2, 0) is 0 Å². The molecule has 0 N–H and O–H groups in total. The lowest BCUT2D eigenvalue weighted by Crippen LogP contribution is -1.70. The van der Waals surface area contributed by atoms with Gasteiger partial charge in [0.1, 0.15) is 0 Å². The highest BCUT2D eigenvalue weighted by Gasteiger charge is 1.93. The van der Waals surface area contributed by atoms with Crippen LogP contribution in [0.1, 0.15) is 12.8 Å². The first-order chi connectivity index (χ1) is 6.86. The molecule has 0 bridgehead atoms. The maximum Gasteiger partial charge on any atom is 0.0644 e. The fraction of sp³-hybridized carbons (Fsp3) is 0.400. The third-order valence-electron chi connectivity index (χ3n) is 1.73.